The van der Waals surface area contributed by atoms with E-state index in [2.05, 4.69) is 15.5 Å². The van der Waals surface area contributed by atoms with Gasteiger partial charge in [-0.25, -0.2) is 4.68 Å². The fraction of sp³-hybridized carbons (Fsp3) is 0.471. The molecule has 25 heavy (non-hydrogen) atoms. The van der Waals surface area contributed by atoms with E-state index in [-0.39, 0.29) is 18.2 Å². The molecule has 8 nitrogen and oxygen atoms in total. The molecule has 1 aromatic carbocycles. The quantitative estimate of drug-likeness (QED) is 0.848. The van der Waals surface area contributed by atoms with Crippen LogP contribution in [0.25, 0.3) is 5.69 Å². The summed E-state index contributed by atoms with van der Waals surface area (Å²) in [5, 5.41) is 19.8. The van der Waals surface area contributed by atoms with Gasteiger partial charge in [0.1, 0.15) is 6.33 Å². The Balaban J connectivity index is 1.55. The van der Waals surface area contributed by atoms with Gasteiger partial charge in [-0.3, -0.25) is 9.59 Å². The summed E-state index contributed by atoms with van der Waals surface area (Å²) in [6.07, 6.45) is 4.61. The van der Waals surface area contributed by atoms with E-state index < -0.39 is 5.97 Å². The molecule has 1 atom stereocenters. The summed E-state index contributed by atoms with van der Waals surface area (Å²) in [7, 11) is 0. The fourth-order valence-corrected chi connectivity index (χ4v) is 3.19. The van der Waals surface area contributed by atoms with E-state index in [4.69, 9.17) is 5.11 Å². The zero-order valence-electron chi connectivity index (χ0n) is 13.9. The molecule has 0 bridgehead atoms. The Labute approximate surface area is 145 Å². The molecule has 1 fully saturated rings. The van der Waals surface area contributed by atoms with Crippen LogP contribution in [0, 0.1) is 5.92 Å². The second-order valence-electron chi connectivity index (χ2n) is 6.38. The van der Waals surface area contributed by atoms with Gasteiger partial charge in [0.15, 0.2) is 0 Å². The summed E-state index contributed by atoms with van der Waals surface area (Å²) in [6, 6.07) is 7.57. The summed E-state index contributed by atoms with van der Waals surface area (Å²) in [5.74, 6) is -0.391. The number of amides is 1. The van der Waals surface area contributed by atoms with E-state index in [0.717, 1.165) is 30.6 Å². The highest BCUT2D eigenvalue weighted by Crippen LogP contribution is 2.22. The Morgan fingerprint density at radius 1 is 1.24 bits per heavy atom. The fourth-order valence-electron chi connectivity index (χ4n) is 3.19. The second kappa shape index (κ2) is 7.87. The standard InChI is InChI=1S/C17H21N5O3/c23-16(21-9-1-2-14(11-21)5-8-17(24)25)10-13-3-6-15(7-4-13)22-12-18-19-20-22/h3-4,6-7,12,14H,1-2,5,8-11H2,(H,24,25). The molecule has 1 unspecified atom stereocenters. The van der Waals surface area contributed by atoms with Gasteiger partial charge in [0.25, 0.3) is 0 Å². The van der Waals surface area contributed by atoms with Gasteiger partial charge < -0.3 is 10.0 Å². The second-order valence-corrected chi connectivity index (χ2v) is 6.38. The molecule has 132 valence electrons. The first-order valence-electron chi connectivity index (χ1n) is 8.43. The lowest BCUT2D eigenvalue weighted by atomic mass is 9.93. The molecule has 2 aromatic rings. The van der Waals surface area contributed by atoms with Crippen LogP contribution in [-0.4, -0.2) is 55.2 Å². The minimum absolute atomic E-state index is 0.0928. The Morgan fingerprint density at radius 3 is 2.72 bits per heavy atom. The van der Waals surface area contributed by atoms with Gasteiger partial charge in [-0.15, -0.1) is 5.10 Å². The summed E-state index contributed by atoms with van der Waals surface area (Å²) >= 11 is 0. The molecule has 8 heteroatoms. The Morgan fingerprint density at radius 2 is 2.04 bits per heavy atom. The lowest BCUT2D eigenvalue weighted by Gasteiger charge is -2.32. The Kier molecular flexibility index (Phi) is 5.37. The van der Waals surface area contributed by atoms with E-state index in [1.807, 2.05) is 29.2 Å². The minimum Gasteiger partial charge on any atom is -0.481 e. The van der Waals surface area contributed by atoms with Gasteiger partial charge >= 0.3 is 5.97 Å². The molecular weight excluding hydrogens is 322 g/mol. The Hall–Kier alpha value is -2.77. The number of piperidine rings is 1. The normalized spacial score (nSPS) is 17.4. The molecular formula is C17H21N5O3. The van der Waals surface area contributed by atoms with Crippen LogP contribution in [0.5, 0.6) is 0 Å². The van der Waals surface area contributed by atoms with Crippen molar-refractivity contribution < 1.29 is 14.7 Å². The average Bonchev–Trinajstić information content (AvgIpc) is 3.15. The largest absolute Gasteiger partial charge is 0.481 e. The number of hydrogen-bond acceptors (Lipinski definition) is 5. The molecule has 1 aromatic heterocycles. The van der Waals surface area contributed by atoms with Gasteiger partial charge in [-0.2, -0.15) is 0 Å². The summed E-state index contributed by atoms with van der Waals surface area (Å²) in [6.45, 7) is 1.42. The van der Waals surface area contributed by atoms with Crippen LogP contribution in [0.15, 0.2) is 30.6 Å². The number of rotatable bonds is 6. The molecule has 1 N–H and O–H groups in total. The number of carbonyl (C=O) groups excluding carboxylic acids is 1. The topological polar surface area (TPSA) is 101 Å². The summed E-state index contributed by atoms with van der Waals surface area (Å²) < 4.78 is 1.56. The number of aliphatic carboxylic acids is 1. The van der Waals surface area contributed by atoms with Crippen molar-refractivity contribution in [2.75, 3.05) is 13.1 Å². The van der Waals surface area contributed by atoms with E-state index >= 15 is 0 Å². The molecule has 1 aliphatic rings. The number of likely N-dealkylation sites (tertiary alicyclic amines) is 1. The van der Waals surface area contributed by atoms with Crippen molar-refractivity contribution in [3.05, 3.63) is 36.2 Å². The van der Waals surface area contributed by atoms with Gasteiger partial charge in [0.05, 0.1) is 12.1 Å². The monoisotopic (exact) mass is 343 g/mol. The van der Waals surface area contributed by atoms with E-state index in [1.165, 1.54) is 6.33 Å². The number of carboxylic acids is 1. The highest BCUT2D eigenvalue weighted by atomic mass is 16.4. The number of carbonyl (C=O) groups is 2. The van der Waals surface area contributed by atoms with E-state index in [9.17, 15) is 9.59 Å². The predicted molar refractivity (Wildman–Crippen MR) is 89.0 cm³/mol. The van der Waals surface area contributed by atoms with Gasteiger partial charge in [-0.1, -0.05) is 12.1 Å². The number of carboxylic acid groups (broad SMARTS) is 1. The first kappa shape index (κ1) is 17.1. The molecule has 3 rings (SSSR count). The number of nitrogens with zero attached hydrogens (tertiary/aromatic N) is 5. The number of tetrazole rings is 1. The van der Waals surface area contributed by atoms with Crippen LogP contribution in [-0.2, 0) is 16.0 Å². The molecule has 1 saturated heterocycles. The first-order valence-corrected chi connectivity index (χ1v) is 8.43. The van der Waals surface area contributed by atoms with Crippen LogP contribution in [0.3, 0.4) is 0 Å². The van der Waals surface area contributed by atoms with Gasteiger partial charge in [-0.05, 0) is 53.3 Å². The van der Waals surface area contributed by atoms with Gasteiger partial charge in [0, 0.05) is 19.5 Å². The van der Waals surface area contributed by atoms with Crippen LogP contribution in [0.2, 0.25) is 0 Å². The molecule has 0 radical (unpaired) electrons. The number of benzene rings is 1. The van der Waals surface area contributed by atoms with Crippen molar-refractivity contribution in [2.45, 2.75) is 32.1 Å². The van der Waals surface area contributed by atoms with Crippen molar-refractivity contribution in [1.82, 2.24) is 25.1 Å². The van der Waals surface area contributed by atoms with Crippen molar-refractivity contribution >= 4 is 11.9 Å². The van der Waals surface area contributed by atoms with Crippen molar-refractivity contribution in [1.29, 1.82) is 0 Å². The van der Waals surface area contributed by atoms with Crippen LogP contribution < -0.4 is 0 Å². The maximum absolute atomic E-state index is 12.5. The van der Waals surface area contributed by atoms with E-state index in [1.54, 1.807) is 4.68 Å². The van der Waals surface area contributed by atoms with Crippen LogP contribution in [0.1, 0.15) is 31.2 Å². The molecule has 1 amide bonds. The smallest absolute Gasteiger partial charge is 0.303 e. The molecule has 0 aliphatic carbocycles. The predicted octanol–water partition coefficient (Wildman–Crippen LogP) is 1.31. The first-order chi connectivity index (χ1) is 12.1. The molecule has 0 spiro atoms. The Bertz CT molecular complexity index is 714. The van der Waals surface area contributed by atoms with Crippen LogP contribution >= 0.6 is 0 Å². The SMILES string of the molecule is O=C(O)CCC1CCCN(C(=O)Cc2ccc(-n3cnnn3)cc2)C1. The van der Waals surface area contributed by atoms with Crippen molar-refractivity contribution in [2.24, 2.45) is 5.92 Å². The minimum atomic E-state index is -0.772. The third-order valence-corrected chi connectivity index (χ3v) is 4.54. The highest BCUT2D eigenvalue weighted by Gasteiger charge is 2.24. The lowest BCUT2D eigenvalue weighted by molar-refractivity contribution is -0.137. The molecule has 1 aliphatic heterocycles. The maximum atomic E-state index is 12.5. The third kappa shape index (κ3) is 4.62. The molecule has 2 heterocycles. The summed E-state index contributed by atoms with van der Waals surface area (Å²) in [5.41, 5.74) is 1.78. The van der Waals surface area contributed by atoms with Crippen molar-refractivity contribution in [3.63, 3.8) is 0 Å². The maximum Gasteiger partial charge on any atom is 0.303 e. The summed E-state index contributed by atoms with van der Waals surface area (Å²) in [4.78, 5) is 25.1. The number of aromatic nitrogens is 4. The number of hydrogen-bond donors (Lipinski definition) is 1. The van der Waals surface area contributed by atoms with Crippen LogP contribution in [0.4, 0.5) is 0 Å². The van der Waals surface area contributed by atoms with Crippen molar-refractivity contribution in [3.8, 4) is 5.69 Å². The lowest BCUT2D eigenvalue weighted by Crippen LogP contribution is -2.40. The zero-order chi connectivity index (χ0) is 17.6. The van der Waals surface area contributed by atoms with Gasteiger partial charge in [0.2, 0.25) is 5.91 Å². The average molecular weight is 343 g/mol. The molecule has 0 saturated carbocycles. The van der Waals surface area contributed by atoms with E-state index in [0.29, 0.717) is 19.4 Å². The highest BCUT2D eigenvalue weighted by molar-refractivity contribution is 5.79. The third-order valence-electron chi connectivity index (χ3n) is 4.54. The zero-order valence-corrected chi connectivity index (χ0v) is 13.9.